The van der Waals surface area contributed by atoms with Crippen molar-refractivity contribution in [2.75, 3.05) is 12.3 Å². The van der Waals surface area contributed by atoms with Crippen molar-refractivity contribution in [1.29, 1.82) is 5.26 Å². The Morgan fingerprint density at radius 2 is 1.90 bits per heavy atom. The first-order valence-corrected chi connectivity index (χ1v) is 9.14. The summed E-state index contributed by atoms with van der Waals surface area (Å²) in [5.41, 5.74) is 0.475. The van der Waals surface area contributed by atoms with Crippen molar-refractivity contribution in [2.45, 2.75) is 43.5 Å². The first-order valence-electron chi connectivity index (χ1n) is 7.49. The summed E-state index contributed by atoms with van der Waals surface area (Å²) >= 11 is 0. The average molecular weight is 306 g/mol. The minimum Gasteiger partial charge on any atom is -0.313 e. The number of rotatable bonds is 5. The van der Waals surface area contributed by atoms with Crippen molar-refractivity contribution in [3.05, 3.63) is 29.8 Å². The summed E-state index contributed by atoms with van der Waals surface area (Å²) in [6.45, 7) is 2.71. The number of sulfone groups is 1. The predicted octanol–water partition coefficient (Wildman–Crippen LogP) is 2.50. The topological polar surface area (TPSA) is 70.0 Å². The summed E-state index contributed by atoms with van der Waals surface area (Å²) in [5.74, 6) is 0.721. The fourth-order valence-electron chi connectivity index (χ4n) is 2.85. The van der Waals surface area contributed by atoms with Crippen LogP contribution in [0.25, 0.3) is 0 Å². The van der Waals surface area contributed by atoms with Gasteiger partial charge < -0.3 is 5.32 Å². The maximum Gasteiger partial charge on any atom is 0.179 e. The molecule has 2 atom stereocenters. The summed E-state index contributed by atoms with van der Waals surface area (Å²) in [6, 6.07) is 8.54. The van der Waals surface area contributed by atoms with Crippen molar-refractivity contribution in [3.8, 4) is 6.07 Å². The monoisotopic (exact) mass is 306 g/mol. The summed E-state index contributed by atoms with van der Waals surface area (Å²) in [4.78, 5) is 0.292. The maximum atomic E-state index is 12.2. The van der Waals surface area contributed by atoms with Crippen LogP contribution in [0.1, 0.15) is 38.2 Å². The second kappa shape index (κ2) is 7.06. The van der Waals surface area contributed by atoms with Gasteiger partial charge >= 0.3 is 0 Å². The van der Waals surface area contributed by atoms with E-state index in [2.05, 4.69) is 12.2 Å². The fraction of sp³-hybridized carbons (Fsp3) is 0.562. The van der Waals surface area contributed by atoms with Crippen LogP contribution < -0.4 is 5.32 Å². The lowest BCUT2D eigenvalue weighted by atomic mass is 9.86. The van der Waals surface area contributed by atoms with Gasteiger partial charge in [0.15, 0.2) is 9.84 Å². The first-order chi connectivity index (χ1) is 10.0. The molecule has 1 aromatic rings. The second-order valence-corrected chi connectivity index (χ2v) is 7.89. The molecule has 5 heteroatoms. The zero-order valence-corrected chi connectivity index (χ0v) is 13.2. The molecule has 114 valence electrons. The standard InChI is InChI=1S/C16H22N2O2S/c1-13-4-2-3-5-16(13)18-10-11-21(19,20)15-8-6-14(12-17)7-9-15/h6-9,13,16,18H,2-5,10-11H2,1H3. The molecule has 0 aliphatic heterocycles. The molecule has 2 rings (SSSR count). The molecule has 1 fully saturated rings. The molecule has 0 spiro atoms. The number of hydrogen-bond donors (Lipinski definition) is 1. The summed E-state index contributed by atoms with van der Waals surface area (Å²) in [6.07, 6.45) is 4.87. The molecular weight excluding hydrogens is 284 g/mol. The van der Waals surface area contributed by atoms with E-state index in [4.69, 9.17) is 5.26 Å². The Labute approximate surface area is 127 Å². The Balaban J connectivity index is 1.90. The highest BCUT2D eigenvalue weighted by molar-refractivity contribution is 7.91. The van der Waals surface area contributed by atoms with E-state index < -0.39 is 9.84 Å². The van der Waals surface area contributed by atoms with Gasteiger partial charge in [-0.05, 0) is 43.0 Å². The van der Waals surface area contributed by atoms with Gasteiger partial charge in [-0.25, -0.2) is 8.42 Å². The zero-order valence-electron chi connectivity index (χ0n) is 12.4. The molecule has 1 aromatic carbocycles. The Morgan fingerprint density at radius 3 is 2.52 bits per heavy atom. The van der Waals surface area contributed by atoms with Crippen molar-refractivity contribution < 1.29 is 8.42 Å². The van der Waals surface area contributed by atoms with Gasteiger partial charge in [-0.3, -0.25) is 0 Å². The third kappa shape index (κ3) is 4.29. The van der Waals surface area contributed by atoms with Gasteiger partial charge in [0.2, 0.25) is 0 Å². The molecule has 2 unspecified atom stereocenters. The lowest BCUT2D eigenvalue weighted by molar-refractivity contribution is 0.285. The molecule has 0 amide bonds. The summed E-state index contributed by atoms with van der Waals surface area (Å²) in [7, 11) is -3.28. The zero-order chi connectivity index (χ0) is 15.3. The molecule has 1 N–H and O–H groups in total. The SMILES string of the molecule is CC1CCCCC1NCCS(=O)(=O)c1ccc(C#N)cc1. The van der Waals surface area contributed by atoms with Crippen LogP contribution in [0.3, 0.4) is 0 Å². The smallest absolute Gasteiger partial charge is 0.179 e. The highest BCUT2D eigenvalue weighted by atomic mass is 32.2. The molecule has 0 radical (unpaired) electrons. The Hall–Kier alpha value is -1.38. The third-order valence-electron chi connectivity index (χ3n) is 4.23. The van der Waals surface area contributed by atoms with E-state index in [-0.39, 0.29) is 5.75 Å². The Kier molecular flexibility index (Phi) is 5.38. The van der Waals surface area contributed by atoms with E-state index >= 15 is 0 Å². The van der Waals surface area contributed by atoms with Crippen molar-refractivity contribution in [1.82, 2.24) is 5.32 Å². The molecule has 1 saturated carbocycles. The molecule has 21 heavy (non-hydrogen) atoms. The van der Waals surface area contributed by atoms with Gasteiger partial charge in [-0.2, -0.15) is 5.26 Å². The average Bonchev–Trinajstić information content (AvgIpc) is 2.49. The Morgan fingerprint density at radius 1 is 1.24 bits per heavy atom. The van der Waals surface area contributed by atoms with E-state index in [1.807, 2.05) is 6.07 Å². The van der Waals surface area contributed by atoms with Crippen LogP contribution in [-0.2, 0) is 9.84 Å². The molecule has 0 bridgehead atoms. The van der Waals surface area contributed by atoms with E-state index in [9.17, 15) is 8.42 Å². The second-order valence-electron chi connectivity index (χ2n) is 5.78. The van der Waals surface area contributed by atoms with Gasteiger partial charge in [0.25, 0.3) is 0 Å². The number of nitriles is 1. The Bertz CT molecular complexity index is 602. The summed E-state index contributed by atoms with van der Waals surface area (Å²) in [5, 5.41) is 12.1. The van der Waals surface area contributed by atoms with E-state index in [0.29, 0.717) is 29.0 Å². The minimum absolute atomic E-state index is 0.0993. The molecular formula is C16H22N2O2S. The van der Waals surface area contributed by atoms with Gasteiger partial charge in [-0.15, -0.1) is 0 Å². The molecule has 0 saturated heterocycles. The van der Waals surface area contributed by atoms with E-state index in [1.54, 1.807) is 12.1 Å². The number of nitrogens with zero attached hydrogens (tertiary/aromatic N) is 1. The molecule has 1 aliphatic carbocycles. The highest BCUT2D eigenvalue weighted by Gasteiger charge is 2.21. The minimum atomic E-state index is -3.28. The van der Waals surface area contributed by atoms with Crippen LogP contribution in [0, 0.1) is 17.2 Å². The quantitative estimate of drug-likeness (QED) is 0.907. The number of hydrogen-bond acceptors (Lipinski definition) is 4. The lowest BCUT2D eigenvalue weighted by Gasteiger charge is -2.29. The van der Waals surface area contributed by atoms with Crippen LogP contribution in [0.15, 0.2) is 29.2 Å². The fourth-order valence-corrected chi connectivity index (χ4v) is 4.03. The van der Waals surface area contributed by atoms with Gasteiger partial charge in [0.05, 0.1) is 22.3 Å². The largest absolute Gasteiger partial charge is 0.313 e. The molecule has 0 aromatic heterocycles. The van der Waals surface area contributed by atoms with Crippen LogP contribution in [0.2, 0.25) is 0 Å². The molecule has 0 heterocycles. The maximum absolute atomic E-state index is 12.2. The highest BCUT2D eigenvalue weighted by Crippen LogP contribution is 2.23. The van der Waals surface area contributed by atoms with Crippen molar-refractivity contribution in [2.24, 2.45) is 5.92 Å². The van der Waals surface area contributed by atoms with Crippen molar-refractivity contribution >= 4 is 9.84 Å². The van der Waals surface area contributed by atoms with Crippen LogP contribution in [-0.4, -0.2) is 26.8 Å². The first kappa shape index (κ1) is 16.0. The molecule has 1 aliphatic rings. The third-order valence-corrected chi connectivity index (χ3v) is 5.96. The van der Waals surface area contributed by atoms with Crippen LogP contribution >= 0.6 is 0 Å². The van der Waals surface area contributed by atoms with Crippen molar-refractivity contribution in [3.63, 3.8) is 0 Å². The van der Waals surface area contributed by atoms with Gasteiger partial charge in [-0.1, -0.05) is 19.8 Å². The lowest BCUT2D eigenvalue weighted by Crippen LogP contribution is -2.39. The normalized spacial score (nSPS) is 22.7. The molecule has 4 nitrogen and oxygen atoms in total. The van der Waals surface area contributed by atoms with Crippen LogP contribution in [0.4, 0.5) is 0 Å². The van der Waals surface area contributed by atoms with E-state index in [0.717, 1.165) is 6.42 Å². The van der Waals surface area contributed by atoms with Gasteiger partial charge in [0.1, 0.15) is 0 Å². The van der Waals surface area contributed by atoms with Gasteiger partial charge in [0, 0.05) is 12.6 Å². The van der Waals surface area contributed by atoms with E-state index in [1.165, 1.54) is 31.4 Å². The van der Waals surface area contributed by atoms with Crippen LogP contribution in [0.5, 0.6) is 0 Å². The predicted molar refractivity (Wildman–Crippen MR) is 82.6 cm³/mol. The number of nitrogens with one attached hydrogen (secondary N) is 1. The summed E-state index contributed by atoms with van der Waals surface area (Å²) < 4.78 is 24.5. The number of benzene rings is 1.